The van der Waals surface area contributed by atoms with Crippen LogP contribution in [-0.2, 0) is 14.8 Å². The van der Waals surface area contributed by atoms with Gasteiger partial charge in [0.15, 0.2) is 0 Å². The zero-order valence-electron chi connectivity index (χ0n) is 9.91. The quantitative estimate of drug-likeness (QED) is 0.880. The SMILES string of the molecule is Cc1ccccc1N([C@@H](C)C(=O)O)S(C)(=O)=O. The Morgan fingerprint density at radius 1 is 1.35 bits per heavy atom. The molecular formula is C11H15NO4S. The molecule has 5 nitrogen and oxygen atoms in total. The Bertz CT molecular complexity index is 524. The van der Waals surface area contributed by atoms with Crippen molar-refractivity contribution >= 4 is 21.7 Å². The van der Waals surface area contributed by atoms with Gasteiger partial charge in [0.2, 0.25) is 10.0 Å². The first kappa shape index (κ1) is 13.5. The van der Waals surface area contributed by atoms with Crippen LogP contribution in [-0.4, -0.2) is 31.8 Å². The van der Waals surface area contributed by atoms with Gasteiger partial charge in [-0.2, -0.15) is 0 Å². The molecule has 0 amide bonds. The van der Waals surface area contributed by atoms with Gasteiger partial charge in [0.1, 0.15) is 6.04 Å². The number of nitrogens with zero attached hydrogens (tertiary/aromatic N) is 1. The predicted molar refractivity (Wildman–Crippen MR) is 65.6 cm³/mol. The highest BCUT2D eigenvalue weighted by Crippen LogP contribution is 2.24. The van der Waals surface area contributed by atoms with Crippen LogP contribution in [0.5, 0.6) is 0 Å². The number of carboxylic acid groups (broad SMARTS) is 1. The molecule has 1 aromatic carbocycles. The summed E-state index contributed by atoms with van der Waals surface area (Å²) in [5.74, 6) is -1.18. The average molecular weight is 257 g/mol. The molecule has 1 atom stereocenters. The standard InChI is InChI=1S/C11H15NO4S/c1-8-6-4-5-7-10(8)12(17(3,15)16)9(2)11(13)14/h4-7,9H,1-3H3,(H,13,14)/t9-/m0/s1. The van der Waals surface area contributed by atoms with Gasteiger partial charge in [0.05, 0.1) is 11.9 Å². The van der Waals surface area contributed by atoms with Crippen LogP contribution in [0.25, 0.3) is 0 Å². The Balaban J connectivity index is 3.36. The van der Waals surface area contributed by atoms with Crippen LogP contribution in [0, 0.1) is 6.92 Å². The summed E-state index contributed by atoms with van der Waals surface area (Å²) in [6, 6.07) is 5.64. The highest BCUT2D eigenvalue weighted by molar-refractivity contribution is 7.92. The lowest BCUT2D eigenvalue weighted by molar-refractivity contribution is -0.137. The van der Waals surface area contributed by atoms with Gasteiger partial charge in [-0.05, 0) is 25.5 Å². The number of anilines is 1. The van der Waals surface area contributed by atoms with Crippen molar-refractivity contribution in [1.29, 1.82) is 0 Å². The highest BCUT2D eigenvalue weighted by atomic mass is 32.2. The van der Waals surface area contributed by atoms with E-state index in [4.69, 9.17) is 5.11 Å². The first-order valence-corrected chi connectivity index (χ1v) is 6.88. The number of benzene rings is 1. The number of hydrogen-bond donors (Lipinski definition) is 1. The van der Waals surface area contributed by atoms with Crippen molar-refractivity contribution in [2.75, 3.05) is 10.6 Å². The number of para-hydroxylation sites is 1. The maximum atomic E-state index is 11.7. The molecule has 1 aromatic rings. The van der Waals surface area contributed by atoms with E-state index in [0.717, 1.165) is 10.6 Å². The summed E-state index contributed by atoms with van der Waals surface area (Å²) in [5, 5.41) is 8.96. The second-order valence-electron chi connectivity index (χ2n) is 3.86. The summed E-state index contributed by atoms with van der Waals surface area (Å²) in [6.07, 6.45) is 0.999. The number of carboxylic acids is 1. The van der Waals surface area contributed by atoms with Crippen molar-refractivity contribution in [3.05, 3.63) is 29.8 Å². The van der Waals surface area contributed by atoms with Crippen LogP contribution in [0.3, 0.4) is 0 Å². The third kappa shape index (κ3) is 2.97. The summed E-state index contributed by atoms with van der Waals surface area (Å²) in [4.78, 5) is 11.0. The number of hydrogen-bond acceptors (Lipinski definition) is 3. The first-order chi connectivity index (χ1) is 7.75. The fourth-order valence-corrected chi connectivity index (χ4v) is 2.81. The van der Waals surface area contributed by atoms with E-state index in [-0.39, 0.29) is 0 Å². The molecule has 6 heteroatoms. The number of carbonyl (C=O) groups is 1. The molecule has 17 heavy (non-hydrogen) atoms. The molecule has 0 saturated carbocycles. The molecule has 0 bridgehead atoms. The van der Waals surface area contributed by atoms with Gasteiger partial charge in [-0.3, -0.25) is 4.31 Å². The van der Waals surface area contributed by atoms with Crippen molar-refractivity contribution in [3.8, 4) is 0 Å². The minimum absolute atomic E-state index is 0.393. The molecule has 0 fully saturated rings. The zero-order chi connectivity index (χ0) is 13.2. The Labute approximate surface area is 101 Å². The van der Waals surface area contributed by atoms with E-state index >= 15 is 0 Å². The highest BCUT2D eigenvalue weighted by Gasteiger charge is 2.29. The number of rotatable bonds is 4. The molecule has 0 aromatic heterocycles. The van der Waals surface area contributed by atoms with E-state index in [2.05, 4.69) is 0 Å². The molecule has 0 aliphatic rings. The minimum Gasteiger partial charge on any atom is -0.480 e. The Kier molecular flexibility index (Phi) is 3.77. The first-order valence-electron chi connectivity index (χ1n) is 5.03. The number of sulfonamides is 1. The molecule has 0 aliphatic carbocycles. The zero-order valence-corrected chi connectivity index (χ0v) is 10.7. The predicted octanol–water partition coefficient (Wildman–Crippen LogP) is 1.23. The van der Waals surface area contributed by atoms with Crippen molar-refractivity contribution in [2.45, 2.75) is 19.9 Å². The molecule has 0 radical (unpaired) electrons. The monoisotopic (exact) mass is 257 g/mol. The van der Waals surface area contributed by atoms with Crippen LogP contribution in [0.2, 0.25) is 0 Å². The largest absolute Gasteiger partial charge is 0.480 e. The van der Waals surface area contributed by atoms with Crippen molar-refractivity contribution in [2.24, 2.45) is 0 Å². The van der Waals surface area contributed by atoms with Crippen LogP contribution in [0.4, 0.5) is 5.69 Å². The van der Waals surface area contributed by atoms with Gasteiger partial charge in [-0.25, -0.2) is 13.2 Å². The summed E-state index contributed by atoms with van der Waals surface area (Å²) >= 11 is 0. The molecular weight excluding hydrogens is 242 g/mol. The van der Waals surface area contributed by atoms with Gasteiger partial charge in [0.25, 0.3) is 0 Å². The summed E-state index contributed by atoms with van der Waals surface area (Å²) in [6.45, 7) is 3.08. The lowest BCUT2D eigenvalue weighted by Gasteiger charge is -2.27. The Morgan fingerprint density at radius 2 is 1.88 bits per heavy atom. The lowest BCUT2D eigenvalue weighted by atomic mass is 10.2. The summed E-state index contributed by atoms with van der Waals surface area (Å²) in [5.41, 5.74) is 1.11. The van der Waals surface area contributed by atoms with Gasteiger partial charge in [-0.15, -0.1) is 0 Å². The average Bonchev–Trinajstić information content (AvgIpc) is 2.19. The van der Waals surface area contributed by atoms with Crippen molar-refractivity contribution in [3.63, 3.8) is 0 Å². The lowest BCUT2D eigenvalue weighted by Crippen LogP contribution is -2.43. The van der Waals surface area contributed by atoms with Crippen molar-refractivity contribution in [1.82, 2.24) is 0 Å². The molecule has 0 saturated heterocycles. The molecule has 0 unspecified atom stereocenters. The fraction of sp³-hybridized carbons (Fsp3) is 0.364. The number of aryl methyl sites for hydroxylation is 1. The van der Waals surface area contributed by atoms with E-state index in [1.54, 1.807) is 31.2 Å². The Morgan fingerprint density at radius 3 is 2.29 bits per heavy atom. The molecule has 1 N–H and O–H groups in total. The van der Waals surface area contributed by atoms with Gasteiger partial charge < -0.3 is 5.11 Å². The van der Waals surface area contributed by atoms with E-state index in [0.29, 0.717) is 11.3 Å². The second-order valence-corrected chi connectivity index (χ2v) is 5.72. The molecule has 0 aliphatic heterocycles. The molecule has 94 valence electrons. The van der Waals surface area contributed by atoms with E-state index in [9.17, 15) is 13.2 Å². The van der Waals surface area contributed by atoms with E-state index in [1.807, 2.05) is 0 Å². The normalized spacial score (nSPS) is 13.1. The maximum absolute atomic E-state index is 11.7. The van der Waals surface area contributed by atoms with Crippen molar-refractivity contribution < 1.29 is 18.3 Å². The topological polar surface area (TPSA) is 74.7 Å². The molecule has 0 spiro atoms. The van der Waals surface area contributed by atoms with Gasteiger partial charge in [0, 0.05) is 0 Å². The smallest absolute Gasteiger partial charge is 0.327 e. The van der Waals surface area contributed by atoms with Crippen LogP contribution in [0.1, 0.15) is 12.5 Å². The van der Waals surface area contributed by atoms with E-state index in [1.165, 1.54) is 6.92 Å². The third-order valence-corrected chi connectivity index (χ3v) is 3.65. The van der Waals surface area contributed by atoms with E-state index < -0.39 is 22.0 Å². The van der Waals surface area contributed by atoms with Crippen LogP contribution in [0.15, 0.2) is 24.3 Å². The number of aliphatic carboxylic acids is 1. The van der Waals surface area contributed by atoms with Crippen LogP contribution >= 0.6 is 0 Å². The summed E-state index contributed by atoms with van der Waals surface area (Å²) < 4.78 is 24.3. The van der Waals surface area contributed by atoms with Crippen LogP contribution < -0.4 is 4.31 Å². The minimum atomic E-state index is -3.63. The fourth-order valence-electron chi connectivity index (χ4n) is 1.59. The molecule has 0 heterocycles. The van der Waals surface area contributed by atoms with Gasteiger partial charge in [-0.1, -0.05) is 18.2 Å². The second kappa shape index (κ2) is 4.75. The molecule has 1 rings (SSSR count). The Hall–Kier alpha value is -1.56. The third-order valence-electron chi connectivity index (χ3n) is 2.42. The summed E-state index contributed by atoms with van der Waals surface area (Å²) in [7, 11) is -3.63. The maximum Gasteiger partial charge on any atom is 0.327 e. The van der Waals surface area contributed by atoms with Gasteiger partial charge >= 0.3 is 5.97 Å².